The number of rotatable bonds is 3. The highest BCUT2D eigenvalue weighted by atomic mass is 32.2. The Bertz CT molecular complexity index is 445. The zero-order valence-electron chi connectivity index (χ0n) is 9.86. The zero-order chi connectivity index (χ0) is 12.4. The van der Waals surface area contributed by atoms with Gasteiger partial charge in [0.05, 0.1) is 5.69 Å². The predicted octanol–water partition coefficient (Wildman–Crippen LogP) is 1.71. The second kappa shape index (κ2) is 4.91. The summed E-state index contributed by atoms with van der Waals surface area (Å²) in [6.45, 7) is 3.53. The van der Waals surface area contributed by atoms with Crippen molar-refractivity contribution < 1.29 is 9.90 Å². The smallest absolute Gasteiger partial charge is 0.339 e. The molecule has 5 nitrogen and oxygen atoms in total. The zero-order valence-corrected chi connectivity index (χ0v) is 10.7. The van der Waals surface area contributed by atoms with Gasteiger partial charge in [0.25, 0.3) is 0 Å². The van der Waals surface area contributed by atoms with Crippen LogP contribution in [0, 0.1) is 13.8 Å². The standard InChI is InChI=1S/C11H15N3O2S/c1-6-7(2)13-14-10(9(6)11(15)16)12-8-3-4-17-5-8/h8H,3-5H2,1-2H3,(H,12,14)(H,15,16). The van der Waals surface area contributed by atoms with Crippen LogP contribution in [0.25, 0.3) is 0 Å². The van der Waals surface area contributed by atoms with Crippen molar-refractivity contribution in [2.45, 2.75) is 26.3 Å². The normalized spacial score (nSPS) is 19.3. The number of hydrogen-bond acceptors (Lipinski definition) is 5. The quantitative estimate of drug-likeness (QED) is 0.854. The first-order chi connectivity index (χ1) is 8.09. The minimum Gasteiger partial charge on any atom is -0.478 e. The van der Waals surface area contributed by atoms with Crippen LogP contribution in [0.5, 0.6) is 0 Å². The van der Waals surface area contributed by atoms with Gasteiger partial charge in [0.2, 0.25) is 0 Å². The molecule has 0 bridgehead atoms. The molecular weight excluding hydrogens is 238 g/mol. The number of aromatic carboxylic acids is 1. The Morgan fingerprint density at radius 3 is 2.82 bits per heavy atom. The number of hydrogen-bond donors (Lipinski definition) is 2. The molecule has 2 N–H and O–H groups in total. The van der Waals surface area contributed by atoms with Crippen LogP contribution in [-0.2, 0) is 0 Å². The van der Waals surface area contributed by atoms with Crippen molar-refractivity contribution in [2.75, 3.05) is 16.8 Å². The van der Waals surface area contributed by atoms with E-state index in [4.69, 9.17) is 0 Å². The molecule has 0 aromatic carbocycles. The average Bonchev–Trinajstić information content (AvgIpc) is 2.76. The number of thioether (sulfide) groups is 1. The van der Waals surface area contributed by atoms with Crippen molar-refractivity contribution in [1.82, 2.24) is 10.2 Å². The van der Waals surface area contributed by atoms with E-state index in [-0.39, 0.29) is 5.56 Å². The average molecular weight is 253 g/mol. The van der Waals surface area contributed by atoms with E-state index < -0.39 is 5.97 Å². The van der Waals surface area contributed by atoms with Crippen molar-refractivity contribution in [3.05, 3.63) is 16.8 Å². The summed E-state index contributed by atoms with van der Waals surface area (Å²) in [5, 5.41) is 20.4. The molecule has 0 amide bonds. The number of anilines is 1. The van der Waals surface area contributed by atoms with Crippen LogP contribution in [0.1, 0.15) is 28.0 Å². The van der Waals surface area contributed by atoms with Crippen molar-refractivity contribution in [1.29, 1.82) is 0 Å². The summed E-state index contributed by atoms with van der Waals surface area (Å²) >= 11 is 1.86. The summed E-state index contributed by atoms with van der Waals surface area (Å²) in [5.74, 6) is 1.55. The third-order valence-electron chi connectivity index (χ3n) is 2.94. The van der Waals surface area contributed by atoms with Crippen LogP contribution in [0.4, 0.5) is 5.82 Å². The number of carbonyl (C=O) groups is 1. The molecule has 2 rings (SSSR count). The first-order valence-electron chi connectivity index (χ1n) is 5.51. The molecule has 1 atom stereocenters. The van der Waals surface area contributed by atoms with Crippen molar-refractivity contribution in [3.8, 4) is 0 Å². The summed E-state index contributed by atoms with van der Waals surface area (Å²) in [6.07, 6.45) is 1.04. The van der Waals surface area contributed by atoms with Crippen LogP contribution >= 0.6 is 11.8 Å². The number of carboxylic acids is 1. The van der Waals surface area contributed by atoms with E-state index in [0.717, 1.165) is 17.9 Å². The molecule has 92 valence electrons. The van der Waals surface area contributed by atoms with Gasteiger partial charge in [-0.15, -0.1) is 5.10 Å². The Hall–Kier alpha value is -1.30. The molecule has 1 aliphatic rings. The SMILES string of the molecule is Cc1nnc(NC2CCSC2)c(C(=O)O)c1C. The largest absolute Gasteiger partial charge is 0.478 e. The molecule has 1 aromatic heterocycles. The highest BCUT2D eigenvalue weighted by Gasteiger charge is 2.22. The van der Waals surface area contributed by atoms with Gasteiger partial charge in [0, 0.05) is 11.8 Å². The summed E-state index contributed by atoms with van der Waals surface area (Å²) < 4.78 is 0. The highest BCUT2D eigenvalue weighted by Crippen LogP contribution is 2.24. The van der Waals surface area contributed by atoms with Gasteiger partial charge in [-0.2, -0.15) is 16.9 Å². The van der Waals surface area contributed by atoms with E-state index in [1.54, 1.807) is 13.8 Å². The van der Waals surface area contributed by atoms with Crippen LogP contribution in [0.15, 0.2) is 0 Å². The Labute approximate surface area is 104 Å². The van der Waals surface area contributed by atoms with Crippen LogP contribution in [0.2, 0.25) is 0 Å². The highest BCUT2D eigenvalue weighted by molar-refractivity contribution is 7.99. The lowest BCUT2D eigenvalue weighted by molar-refractivity contribution is 0.0696. The van der Waals surface area contributed by atoms with Crippen molar-refractivity contribution >= 4 is 23.5 Å². The van der Waals surface area contributed by atoms with Crippen LogP contribution in [0.3, 0.4) is 0 Å². The molecule has 0 aliphatic carbocycles. The van der Waals surface area contributed by atoms with E-state index in [1.807, 2.05) is 11.8 Å². The first kappa shape index (κ1) is 12.2. The van der Waals surface area contributed by atoms with Gasteiger partial charge in [-0.25, -0.2) is 4.79 Å². The molecule has 1 unspecified atom stereocenters. The third-order valence-corrected chi connectivity index (χ3v) is 4.10. The number of aromatic nitrogens is 2. The summed E-state index contributed by atoms with van der Waals surface area (Å²) in [5.41, 5.74) is 1.59. The summed E-state index contributed by atoms with van der Waals surface area (Å²) in [6, 6.07) is 0.300. The Kier molecular flexibility index (Phi) is 3.51. The van der Waals surface area contributed by atoms with Crippen molar-refractivity contribution in [2.24, 2.45) is 0 Å². The fourth-order valence-electron chi connectivity index (χ4n) is 1.81. The summed E-state index contributed by atoms with van der Waals surface area (Å²) in [7, 11) is 0. The van der Waals surface area contributed by atoms with Gasteiger partial charge in [0.1, 0.15) is 5.56 Å². The minimum absolute atomic E-state index is 0.245. The maximum Gasteiger partial charge on any atom is 0.339 e. The van der Waals surface area contributed by atoms with Gasteiger partial charge in [-0.1, -0.05) is 0 Å². The Morgan fingerprint density at radius 1 is 1.47 bits per heavy atom. The van der Waals surface area contributed by atoms with Gasteiger partial charge in [0.15, 0.2) is 5.82 Å². The molecule has 1 saturated heterocycles. The van der Waals surface area contributed by atoms with E-state index in [9.17, 15) is 9.90 Å². The summed E-state index contributed by atoms with van der Waals surface area (Å²) in [4.78, 5) is 11.3. The molecule has 0 spiro atoms. The first-order valence-corrected chi connectivity index (χ1v) is 6.66. The molecule has 17 heavy (non-hydrogen) atoms. The lowest BCUT2D eigenvalue weighted by atomic mass is 10.1. The Balaban J connectivity index is 2.32. The number of nitrogens with zero attached hydrogens (tertiary/aromatic N) is 2. The molecule has 2 heterocycles. The fourth-order valence-corrected chi connectivity index (χ4v) is 2.97. The second-order valence-corrected chi connectivity index (χ2v) is 5.29. The predicted molar refractivity (Wildman–Crippen MR) is 67.8 cm³/mol. The van der Waals surface area contributed by atoms with E-state index in [0.29, 0.717) is 23.1 Å². The van der Waals surface area contributed by atoms with E-state index in [2.05, 4.69) is 15.5 Å². The van der Waals surface area contributed by atoms with E-state index in [1.165, 1.54) is 0 Å². The molecule has 1 aromatic rings. The van der Waals surface area contributed by atoms with E-state index >= 15 is 0 Å². The van der Waals surface area contributed by atoms with Gasteiger partial charge < -0.3 is 10.4 Å². The number of nitrogens with one attached hydrogen (secondary N) is 1. The maximum absolute atomic E-state index is 11.3. The van der Waals surface area contributed by atoms with Crippen LogP contribution in [-0.4, -0.2) is 38.8 Å². The molecule has 1 aliphatic heterocycles. The van der Waals surface area contributed by atoms with Gasteiger partial charge >= 0.3 is 5.97 Å². The minimum atomic E-state index is -0.950. The lowest BCUT2D eigenvalue weighted by Crippen LogP contribution is -2.22. The lowest BCUT2D eigenvalue weighted by Gasteiger charge is -2.15. The third kappa shape index (κ3) is 2.52. The molecule has 0 saturated carbocycles. The number of aryl methyl sites for hydroxylation is 1. The fraction of sp³-hybridized carbons (Fsp3) is 0.545. The van der Waals surface area contributed by atoms with Gasteiger partial charge in [-0.3, -0.25) is 0 Å². The number of carboxylic acid groups (broad SMARTS) is 1. The van der Waals surface area contributed by atoms with Crippen molar-refractivity contribution in [3.63, 3.8) is 0 Å². The molecule has 6 heteroatoms. The maximum atomic E-state index is 11.3. The van der Waals surface area contributed by atoms with Crippen LogP contribution < -0.4 is 5.32 Å². The molecule has 1 fully saturated rings. The monoisotopic (exact) mass is 253 g/mol. The van der Waals surface area contributed by atoms with Gasteiger partial charge in [-0.05, 0) is 31.6 Å². The Morgan fingerprint density at radius 2 is 2.24 bits per heavy atom. The molecule has 0 radical (unpaired) electrons. The topological polar surface area (TPSA) is 75.1 Å². The molecular formula is C11H15N3O2S. The second-order valence-electron chi connectivity index (χ2n) is 4.14.